The summed E-state index contributed by atoms with van der Waals surface area (Å²) >= 11 is 0. The van der Waals surface area contributed by atoms with E-state index in [1.165, 1.54) is 6.92 Å². The molecule has 4 heteroatoms. The Morgan fingerprint density at radius 1 is 1.56 bits per heavy atom. The zero-order chi connectivity index (χ0) is 11.4. The summed E-state index contributed by atoms with van der Waals surface area (Å²) in [6.45, 7) is 3.40. The monoisotopic (exact) mass is 220 g/mol. The fourth-order valence-corrected chi connectivity index (χ4v) is 1.77. The minimum atomic E-state index is -0.0697. The Kier molecular flexibility index (Phi) is 3.41. The van der Waals surface area contributed by atoms with Crippen LogP contribution in [0.4, 0.5) is 5.69 Å². The second kappa shape index (κ2) is 4.99. The van der Waals surface area contributed by atoms with Gasteiger partial charge in [0, 0.05) is 25.2 Å². The SMILES string of the molecule is CC(=O)Nc1cccc(O[C@H]2CCNC2)c1. The van der Waals surface area contributed by atoms with Crippen molar-refractivity contribution in [2.24, 2.45) is 0 Å². The quantitative estimate of drug-likeness (QED) is 0.809. The van der Waals surface area contributed by atoms with Gasteiger partial charge in [-0.15, -0.1) is 0 Å². The smallest absolute Gasteiger partial charge is 0.221 e. The Labute approximate surface area is 95.0 Å². The highest BCUT2D eigenvalue weighted by Gasteiger charge is 2.15. The minimum Gasteiger partial charge on any atom is -0.489 e. The molecular weight excluding hydrogens is 204 g/mol. The van der Waals surface area contributed by atoms with Crippen LogP contribution in [0.2, 0.25) is 0 Å². The molecule has 0 unspecified atom stereocenters. The lowest BCUT2D eigenvalue weighted by Gasteiger charge is -2.13. The molecule has 1 aromatic carbocycles. The first-order valence-electron chi connectivity index (χ1n) is 5.49. The van der Waals surface area contributed by atoms with Gasteiger partial charge in [0.15, 0.2) is 0 Å². The molecule has 0 bridgehead atoms. The molecule has 0 aliphatic carbocycles. The fraction of sp³-hybridized carbons (Fsp3) is 0.417. The maximum Gasteiger partial charge on any atom is 0.221 e. The number of hydrogen-bond donors (Lipinski definition) is 2. The van der Waals surface area contributed by atoms with Crippen LogP contribution in [0.1, 0.15) is 13.3 Å². The highest BCUT2D eigenvalue weighted by molar-refractivity contribution is 5.88. The highest BCUT2D eigenvalue weighted by Crippen LogP contribution is 2.19. The van der Waals surface area contributed by atoms with E-state index in [1.54, 1.807) is 0 Å². The predicted molar refractivity (Wildman–Crippen MR) is 62.6 cm³/mol. The number of carbonyl (C=O) groups excluding carboxylic acids is 1. The van der Waals surface area contributed by atoms with Gasteiger partial charge in [0.2, 0.25) is 5.91 Å². The van der Waals surface area contributed by atoms with Crippen molar-refractivity contribution in [2.75, 3.05) is 18.4 Å². The molecule has 1 aliphatic rings. The van der Waals surface area contributed by atoms with E-state index in [-0.39, 0.29) is 12.0 Å². The van der Waals surface area contributed by atoms with Gasteiger partial charge in [-0.3, -0.25) is 4.79 Å². The van der Waals surface area contributed by atoms with Crippen LogP contribution in [0.25, 0.3) is 0 Å². The Morgan fingerprint density at radius 2 is 2.44 bits per heavy atom. The number of rotatable bonds is 3. The second-order valence-electron chi connectivity index (χ2n) is 3.94. The third kappa shape index (κ3) is 2.97. The largest absolute Gasteiger partial charge is 0.489 e. The van der Waals surface area contributed by atoms with Gasteiger partial charge in [0.1, 0.15) is 11.9 Å². The number of amides is 1. The third-order valence-electron chi connectivity index (χ3n) is 2.47. The molecule has 86 valence electrons. The lowest BCUT2D eigenvalue weighted by Crippen LogP contribution is -2.19. The summed E-state index contributed by atoms with van der Waals surface area (Å²) in [5.74, 6) is 0.736. The normalized spacial score (nSPS) is 19.4. The van der Waals surface area contributed by atoms with Crippen molar-refractivity contribution in [2.45, 2.75) is 19.4 Å². The van der Waals surface area contributed by atoms with Crippen molar-refractivity contribution in [3.63, 3.8) is 0 Å². The molecule has 1 aromatic rings. The number of ether oxygens (including phenoxy) is 1. The molecule has 0 radical (unpaired) electrons. The first-order valence-corrected chi connectivity index (χ1v) is 5.49. The molecule has 2 N–H and O–H groups in total. The van der Waals surface area contributed by atoms with E-state index in [0.717, 1.165) is 30.9 Å². The number of hydrogen-bond acceptors (Lipinski definition) is 3. The van der Waals surface area contributed by atoms with Gasteiger partial charge < -0.3 is 15.4 Å². The average molecular weight is 220 g/mol. The van der Waals surface area contributed by atoms with Crippen molar-refractivity contribution < 1.29 is 9.53 Å². The lowest BCUT2D eigenvalue weighted by molar-refractivity contribution is -0.114. The molecule has 1 saturated heterocycles. The number of carbonyl (C=O) groups is 1. The highest BCUT2D eigenvalue weighted by atomic mass is 16.5. The van der Waals surface area contributed by atoms with Crippen LogP contribution < -0.4 is 15.4 Å². The van der Waals surface area contributed by atoms with Crippen molar-refractivity contribution >= 4 is 11.6 Å². The molecule has 0 spiro atoms. The van der Waals surface area contributed by atoms with Crippen molar-refractivity contribution in [3.8, 4) is 5.75 Å². The van der Waals surface area contributed by atoms with Crippen LogP contribution in [-0.2, 0) is 4.79 Å². The maximum absolute atomic E-state index is 10.9. The van der Waals surface area contributed by atoms with Crippen LogP contribution >= 0.6 is 0 Å². The van der Waals surface area contributed by atoms with Crippen molar-refractivity contribution in [1.82, 2.24) is 5.32 Å². The van der Waals surface area contributed by atoms with Crippen LogP contribution in [0.15, 0.2) is 24.3 Å². The first-order chi connectivity index (χ1) is 7.74. The zero-order valence-corrected chi connectivity index (χ0v) is 9.32. The molecule has 16 heavy (non-hydrogen) atoms. The Balaban J connectivity index is 2.00. The molecule has 1 amide bonds. The van der Waals surface area contributed by atoms with Gasteiger partial charge in [0.05, 0.1) is 0 Å². The molecule has 4 nitrogen and oxygen atoms in total. The summed E-state index contributed by atoms with van der Waals surface area (Å²) in [6, 6.07) is 7.48. The van der Waals surface area contributed by atoms with E-state index in [2.05, 4.69) is 10.6 Å². The molecule has 1 aliphatic heterocycles. The van der Waals surface area contributed by atoms with Gasteiger partial charge in [-0.05, 0) is 25.1 Å². The van der Waals surface area contributed by atoms with Crippen LogP contribution in [-0.4, -0.2) is 25.1 Å². The Morgan fingerprint density at radius 3 is 3.12 bits per heavy atom. The van der Waals surface area contributed by atoms with E-state index in [1.807, 2.05) is 24.3 Å². The molecule has 1 heterocycles. The van der Waals surface area contributed by atoms with Crippen LogP contribution in [0.5, 0.6) is 5.75 Å². The Bertz CT molecular complexity index is 373. The van der Waals surface area contributed by atoms with Gasteiger partial charge in [0.25, 0.3) is 0 Å². The van der Waals surface area contributed by atoms with Crippen LogP contribution in [0.3, 0.4) is 0 Å². The van der Waals surface area contributed by atoms with Gasteiger partial charge in [-0.25, -0.2) is 0 Å². The summed E-state index contributed by atoms with van der Waals surface area (Å²) in [6.07, 6.45) is 1.28. The summed E-state index contributed by atoms with van der Waals surface area (Å²) in [7, 11) is 0. The van der Waals surface area contributed by atoms with E-state index >= 15 is 0 Å². The van der Waals surface area contributed by atoms with Gasteiger partial charge >= 0.3 is 0 Å². The Hall–Kier alpha value is -1.55. The first kappa shape index (κ1) is 11.0. The lowest BCUT2D eigenvalue weighted by atomic mass is 10.2. The molecule has 0 aromatic heterocycles. The molecule has 1 atom stereocenters. The zero-order valence-electron chi connectivity index (χ0n) is 9.32. The summed E-state index contributed by atoms with van der Waals surface area (Å²) in [5, 5.41) is 5.98. The van der Waals surface area contributed by atoms with Crippen molar-refractivity contribution in [3.05, 3.63) is 24.3 Å². The summed E-state index contributed by atoms with van der Waals surface area (Å²) in [5.41, 5.74) is 0.774. The average Bonchev–Trinajstić information content (AvgIpc) is 2.70. The third-order valence-corrected chi connectivity index (χ3v) is 2.47. The fourth-order valence-electron chi connectivity index (χ4n) is 1.77. The van der Waals surface area contributed by atoms with E-state index in [0.29, 0.717) is 0 Å². The molecule has 1 fully saturated rings. The summed E-state index contributed by atoms with van der Waals surface area (Å²) in [4.78, 5) is 10.9. The van der Waals surface area contributed by atoms with Crippen LogP contribution in [0, 0.1) is 0 Å². The van der Waals surface area contributed by atoms with E-state index < -0.39 is 0 Å². The molecule has 2 rings (SSSR count). The van der Waals surface area contributed by atoms with E-state index in [4.69, 9.17) is 4.74 Å². The standard InChI is InChI=1S/C12H16N2O2/c1-9(15)14-10-3-2-4-11(7-10)16-12-5-6-13-8-12/h2-4,7,12-13H,5-6,8H2,1H3,(H,14,15)/t12-/m0/s1. The molecular formula is C12H16N2O2. The predicted octanol–water partition coefficient (Wildman–Crippen LogP) is 1.39. The number of anilines is 1. The van der Waals surface area contributed by atoms with Gasteiger partial charge in [-0.2, -0.15) is 0 Å². The number of benzene rings is 1. The van der Waals surface area contributed by atoms with E-state index in [9.17, 15) is 4.79 Å². The van der Waals surface area contributed by atoms with Gasteiger partial charge in [-0.1, -0.05) is 6.07 Å². The maximum atomic E-state index is 10.9. The number of nitrogens with one attached hydrogen (secondary N) is 2. The topological polar surface area (TPSA) is 50.4 Å². The molecule has 0 saturated carbocycles. The minimum absolute atomic E-state index is 0.0697. The summed E-state index contributed by atoms with van der Waals surface area (Å²) < 4.78 is 5.78. The van der Waals surface area contributed by atoms with Crippen molar-refractivity contribution in [1.29, 1.82) is 0 Å². The second-order valence-corrected chi connectivity index (χ2v) is 3.94.